The van der Waals surface area contributed by atoms with Gasteiger partial charge in [0.2, 0.25) is 5.91 Å². The number of nitrogens with zero attached hydrogens (tertiary/aromatic N) is 4. The van der Waals surface area contributed by atoms with Crippen LogP contribution in [-0.2, 0) is 4.79 Å². The molecule has 0 spiro atoms. The third-order valence-corrected chi connectivity index (χ3v) is 2.76. The lowest BCUT2D eigenvalue weighted by molar-refractivity contribution is -0.127. The molecule has 1 rings (SSSR count). The van der Waals surface area contributed by atoms with Gasteiger partial charge in [-0.1, -0.05) is 13.8 Å². The second kappa shape index (κ2) is 6.36. The van der Waals surface area contributed by atoms with Crippen molar-refractivity contribution >= 4 is 17.5 Å². The van der Waals surface area contributed by atoms with Gasteiger partial charge in [0.05, 0.1) is 6.54 Å². The minimum atomic E-state index is 0.0400. The van der Waals surface area contributed by atoms with Crippen LogP contribution in [0.4, 0.5) is 11.6 Å². The highest BCUT2D eigenvalue weighted by Gasteiger charge is 2.13. The predicted octanol–water partition coefficient (Wildman–Crippen LogP) is 1.17. The van der Waals surface area contributed by atoms with Crippen LogP contribution >= 0.6 is 0 Å². The highest BCUT2D eigenvalue weighted by molar-refractivity contribution is 5.80. The first-order chi connectivity index (χ1) is 8.85. The Hall–Kier alpha value is -1.85. The number of rotatable bonds is 5. The van der Waals surface area contributed by atoms with Crippen molar-refractivity contribution < 1.29 is 4.79 Å². The number of likely N-dealkylation sites (N-methyl/N-ethyl adjacent to an activating group) is 2. The van der Waals surface area contributed by atoms with Crippen LogP contribution in [0.15, 0.2) is 6.07 Å². The number of aromatic nitrogens is 2. The van der Waals surface area contributed by atoms with Crippen molar-refractivity contribution in [2.75, 3.05) is 45.0 Å². The third kappa shape index (κ3) is 4.08. The van der Waals surface area contributed by atoms with Crippen LogP contribution in [0.5, 0.6) is 0 Å². The van der Waals surface area contributed by atoms with Gasteiger partial charge in [0.25, 0.3) is 0 Å². The molecule has 1 aromatic rings. The summed E-state index contributed by atoms with van der Waals surface area (Å²) < 4.78 is 0. The molecule has 0 saturated carbocycles. The molecular weight excluding hydrogens is 242 g/mol. The van der Waals surface area contributed by atoms with Crippen molar-refractivity contribution in [3.8, 4) is 0 Å². The molecule has 0 saturated heterocycles. The summed E-state index contributed by atoms with van der Waals surface area (Å²) in [4.78, 5) is 24.0. The molecule has 106 valence electrons. The van der Waals surface area contributed by atoms with E-state index in [-0.39, 0.29) is 11.8 Å². The minimum absolute atomic E-state index is 0.0400. The Morgan fingerprint density at radius 3 is 2.42 bits per heavy atom. The van der Waals surface area contributed by atoms with E-state index in [4.69, 9.17) is 0 Å². The van der Waals surface area contributed by atoms with E-state index in [2.05, 4.69) is 15.3 Å². The van der Waals surface area contributed by atoms with Gasteiger partial charge in [-0.15, -0.1) is 0 Å². The van der Waals surface area contributed by atoms with Gasteiger partial charge >= 0.3 is 0 Å². The van der Waals surface area contributed by atoms with Gasteiger partial charge in [0.1, 0.15) is 17.5 Å². The normalized spacial score (nSPS) is 10.5. The van der Waals surface area contributed by atoms with Gasteiger partial charge in [0, 0.05) is 40.2 Å². The summed E-state index contributed by atoms with van der Waals surface area (Å²) in [7, 11) is 7.16. The monoisotopic (exact) mass is 265 g/mol. The molecule has 0 fully saturated rings. The Labute approximate surface area is 114 Å². The van der Waals surface area contributed by atoms with Gasteiger partial charge in [-0.05, 0) is 0 Å². The molecule has 1 heterocycles. The average Bonchev–Trinajstić information content (AvgIpc) is 2.37. The Morgan fingerprint density at radius 2 is 1.95 bits per heavy atom. The second-order valence-corrected chi connectivity index (χ2v) is 5.02. The van der Waals surface area contributed by atoms with Crippen molar-refractivity contribution in [3.63, 3.8) is 0 Å². The van der Waals surface area contributed by atoms with Crippen molar-refractivity contribution in [3.05, 3.63) is 11.9 Å². The van der Waals surface area contributed by atoms with E-state index < -0.39 is 0 Å². The van der Waals surface area contributed by atoms with Crippen LogP contribution in [0.3, 0.4) is 0 Å². The van der Waals surface area contributed by atoms with Gasteiger partial charge in [-0.2, -0.15) is 0 Å². The largest absolute Gasteiger partial charge is 0.373 e. The molecule has 0 aliphatic rings. The Kier molecular flexibility index (Phi) is 5.09. The molecular formula is C13H23N5O. The fourth-order valence-corrected chi connectivity index (χ4v) is 1.46. The lowest BCUT2D eigenvalue weighted by atomic mass is 10.2. The summed E-state index contributed by atoms with van der Waals surface area (Å²) in [6.45, 7) is 4.39. The lowest BCUT2D eigenvalue weighted by Gasteiger charge is -2.21. The maximum absolute atomic E-state index is 11.7. The van der Waals surface area contributed by atoms with E-state index in [9.17, 15) is 4.79 Å². The SMILES string of the molecule is CNc1cc(N(C)CC(=O)N(C)C)nc(C(C)C)n1. The van der Waals surface area contributed by atoms with Crippen molar-refractivity contribution in [2.24, 2.45) is 0 Å². The Balaban J connectivity index is 2.98. The van der Waals surface area contributed by atoms with E-state index in [1.165, 1.54) is 0 Å². The number of nitrogens with one attached hydrogen (secondary N) is 1. The predicted molar refractivity (Wildman–Crippen MR) is 77.6 cm³/mol. The number of carbonyl (C=O) groups excluding carboxylic acids is 1. The van der Waals surface area contributed by atoms with E-state index in [0.717, 1.165) is 17.5 Å². The zero-order valence-electron chi connectivity index (χ0n) is 12.6. The smallest absolute Gasteiger partial charge is 0.241 e. The molecule has 6 nitrogen and oxygen atoms in total. The first-order valence-electron chi connectivity index (χ1n) is 6.33. The summed E-state index contributed by atoms with van der Waals surface area (Å²) in [6, 6.07) is 1.84. The van der Waals surface area contributed by atoms with Gasteiger partial charge in [-0.3, -0.25) is 4.79 Å². The lowest BCUT2D eigenvalue weighted by Crippen LogP contribution is -2.34. The fraction of sp³-hybridized carbons (Fsp3) is 0.615. The molecule has 1 aromatic heterocycles. The summed E-state index contributed by atoms with van der Waals surface area (Å²) in [5.74, 6) is 2.56. The van der Waals surface area contributed by atoms with Gasteiger partial charge < -0.3 is 15.1 Å². The zero-order valence-corrected chi connectivity index (χ0v) is 12.6. The molecule has 1 amide bonds. The summed E-state index contributed by atoms with van der Waals surface area (Å²) >= 11 is 0. The van der Waals surface area contributed by atoms with Crippen molar-refractivity contribution in [1.82, 2.24) is 14.9 Å². The molecule has 0 aromatic carbocycles. The summed E-state index contributed by atoms with van der Waals surface area (Å²) in [5.41, 5.74) is 0. The molecule has 19 heavy (non-hydrogen) atoms. The molecule has 0 atom stereocenters. The fourth-order valence-electron chi connectivity index (χ4n) is 1.46. The van der Waals surface area contributed by atoms with Crippen LogP contribution in [0.2, 0.25) is 0 Å². The molecule has 0 bridgehead atoms. The van der Waals surface area contributed by atoms with Gasteiger partial charge in [-0.25, -0.2) is 9.97 Å². The van der Waals surface area contributed by atoms with Crippen LogP contribution in [-0.4, -0.2) is 55.5 Å². The Bertz CT molecular complexity index is 445. The first kappa shape index (κ1) is 15.2. The molecule has 1 N–H and O–H groups in total. The van der Waals surface area contributed by atoms with E-state index >= 15 is 0 Å². The average molecular weight is 265 g/mol. The maximum Gasteiger partial charge on any atom is 0.241 e. The van der Waals surface area contributed by atoms with Crippen molar-refractivity contribution in [1.29, 1.82) is 0 Å². The maximum atomic E-state index is 11.7. The standard InChI is InChI=1S/C13H23N5O/c1-9(2)13-15-10(14-3)7-11(16-13)18(6)8-12(19)17(4)5/h7,9H,8H2,1-6H3,(H,14,15,16). The number of anilines is 2. The van der Waals surface area contributed by atoms with E-state index in [1.54, 1.807) is 19.0 Å². The molecule has 0 unspecified atom stereocenters. The molecule has 0 aliphatic heterocycles. The first-order valence-corrected chi connectivity index (χ1v) is 6.33. The van der Waals surface area contributed by atoms with Crippen LogP contribution in [0, 0.1) is 0 Å². The number of carbonyl (C=O) groups is 1. The number of hydrogen-bond acceptors (Lipinski definition) is 5. The van der Waals surface area contributed by atoms with Gasteiger partial charge in [0.15, 0.2) is 0 Å². The van der Waals surface area contributed by atoms with E-state index in [0.29, 0.717) is 6.54 Å². The minimum Gasteiger partial charge on any atom is -0.373 e. The van der Waals surface area contributed by atoms with E-state index in [1.807, 2.05) is 38.9 Å². The van der Waals surface area contributed by atoms with Crippen molar-refractivity contribution in [2.45, 2.75) is 19.8 Å². The highest BCUT2D eigenvalue weighted by atomic mass is 16.2. The highest BCUT2D eigenvalue weighted by Crippen LogP contribution is 2.18. The zero-order chi connectivity index (χ0) is 14.6. The molecule has 0 aliphatic carbocycles. The Morgan fingerprint density at radius 1 is 1.32 bits per heavy atom. The second-order valence-electron chi connectivity index (χ2n) is 5.02. The topological polar surface area (TPSA) is 61.4 Å². The van der Waals surface area contributed by atoms with Crippen LogP contribution < -0.4 is 10.2 Å². The number of amides is 1. The quantitative estimate of drug-likeness (QED) is 0.866. The molecule has 6 heteroatoms. The third-order valence-electron chi connectivity index (χ3n) is 2.76. The summed E-state index contributed by atoms with van der Waals surface area (Å²) in [6.07, 6.45) is 0. The summed E-state index contributed by atoms with van der Waals surface area (Å²) in [5, 5.41) is 3.02. The van der Waals surface area contributed by atoms with Crippen LogP contribution in [0.25, 0.3) is 0 Å². The number of hydrogen-bond donors (Lipinski definition) is 1. The van der Waals surface area contributed by atoms with Crippen LogP contribution in [0.1, 0.15) is 25.6 Å². The molecule has 0 radical (unpaired) electrons.